The van der Waals surface area contributed by atoms with Crippen LogP contribution in [0.25, 0.3) is 11.1 Å². The molecule has 2 amide bonds. The molecule has 0 unspecified atom stereocenters. The van der Waals surface area contributed by atoms with Gasteiger partial charge in [-0.05, 0) is 59.9 Å². The van der Waals surface area contributed by atoms with Crippen LogP contribution in [0.1, 0.15) is 31.4 Å². The number of ketones is 1. The Kier molecular flexibility index (Phi) is 4.84. The van der Waals surface area contributed by atoms with E-state index in [9.17, 15) is 14.4 Å². The SMILES string of the molecule is CC[C@@]12C(=O)[C@@](C)(C(c3ccccc3)=C1c1ccccc1)[C@H]1C(=O)N(c3ccc(OC)cc3)C(=O)[C@@H]12. The van der Waals surface area contributed by atoms with Crippen molar-refractivity contribution >= 4 is 34.4 Å². The molecule has 2 aliphatic carbocycles. The fourth-order valence-electron chi connectivity index (χ4n) is 7.11. The van der Waals surface area contributed by atoms with E-state index in [1.54, 1.807) is 31.4 Å². The van der Waals surface area contributed by atoms with E-state index in [1.165, 1.54) is 4.90 Å². The lowest BCUT2D eigenvalue weighted by atomic mass is 9.62. The van der Waals surface area contributed by atoms with E-state index >= 15 is 0 Å². The first-order chi connectivity index (χ1) is 17.4. The highest BCUT2D eigenvalue weighted by molar-refractivity contribution is 6.34. The molecule has 1 heterocycles. The lowest BCUT2D eigenvalue weighted by Gasteiger charge is -2.37. The highest BCUT2D eigenvalue weighted by Gasteiger charge is 2.79. The third kappa shape index (κ3) is 2.58. The number of amides is 2. The molecule has 180 valence electrons. The number of fused-ring (bicyclic) bond motifs is 5. The molecule has 0 aromatic heterocycles. The summed E-state index contributed by atoms with van der Waals surface area (Å²) in [5.74, 6) is -1.46. The Balaban J connectivity index is 1.61. The van der Waals surface area contributed by atoms with Crippen molar-refractivity contribution < 1.29 is 19.1 Å². The molecule has 3 aliphatic rings. The molecule has 36 heavy (non-hydrogen) atoms. The van der Waals surface area contributed by atoms with Crippen molar-refractivity contribution in [2.75, 3.05) is 12.0 Å². The zero-order valence-electron chi connectivity index (χ0n) is 20.5. The van der Waals surface area contributed by atoms with Crippen molar-refractivity contribution in [1.82, 2.24) is 0 Å². The normalized spacial score (nSPS) is 28.8. The van der Waals surface area contributed by atoms with Gasteiger partial charge in [0.05, 0.1) is 35.5 Å². The van der Waals surface area contributed by atoms with Gasteiger partial charge < -0.3 is 4.74 Å². The second-order valence-electron chi connectivity index (χ2n) is 10.0. The highest BCUT2D eigenvalue weighted by atomic mass is 16.5. The number of methoxy groups -OCH3 is 1. The molecule has 0 spiro atoms. The topological polar surface area (TPSA) is 63.7 Å². The molecule has 2 bridgehead atoms. The second-order valence-corrected chi connectivity index (χ2v) is 10.0. The fraction of sp³-hybridized carbons (Fsp3) is 0.258. The number of carbonyl (C=O) groups excluding carboxylic acids is 3. The summed E-state index contributed by atoms with van der Waals surface area (Å²) < 4.78 is 5.25. The molecule has 0 radical (unpaired) electrons. The number of carbonyl (C=O) groups is 3. The number of hydrogen-bond acceptors (Lipinski definition) is 4. The third-order valence-electron chi connectivity index (χ3n) is 8.56. The van der Waals surface area contributed by atoms with Gasteiger partial charge in [-0.2, -0.15) is 0 Å². The first-order valence-electron chi connectivity index (χ1n) is 12.3. The number of ether oxygens (including phenoxy) is 1. The number of hydrogen-bond donors (Lipinski definition) is 0. The highest BCUT2D eigenvalue weighted by Crippen LogP contribution is 2.74. The van der Waals surface area contributed by atoms with Crippen LogP contribution < -0.4 is 9.64 Å². The summed E-state index contributed by atoms with van der Waals surface area (Å²) in [6, 6.07) is 26.6. The van der Waals surface area contributed by atoms with Gasteiger partial charge in [0.15, 0.2) is 5.78 Å². The Bertz CT molecular complexity index is 1430. The van der Waals surface area contributed by atoms with Crippen LogP contribution in [0.3, 0.4) is 0 Å². The number of allylic oxidation sites excluding steroid dienone is 2. The van der Waals surface area contributed by atoms with Gasteiger partial charge >= 0.3 is 0 Å². The maximum atomic E-state index is 14.5. The number of benzene rings is 3. The summed E-state index contributed by atoms with van der Waals surface area (Å²) in [5.41, 5.74) is 1.94. The first kappa shape index (κ1) is 22.5. The van der Waals surface area contributed by atoms with E-state index in [4.69, 9.17) is 4.74 Å². The quantitative estimate of drug-likeness (QED) is 0.461. The van der Waals surface area contributed by atoms with Crippen molar-refractivity contribution in [2.45, 2.75) is 20.3 Å². The number of Topliss-reactive ketones (excluding diaryl/α,β-unsaturated/α-hetero) is 1. The largest absolute Gasteiger partial charge is 0.497 e. The summed E-state index contributed by atoms with van der Waals surface area (Å²) in [7, 11) is 1.57. The van der Waals surface area contributed by atoms with Gasteiger partial charge in [-0.1, -0.05) is 67.6 Å². The summed E-state index contributed by atoms with van der Waals surface area (Å²) in [4.78, 5) is 43.9. The summed E-state index contributed by atoms with van der Waals surface area (Å²) >= 11 is 0. The lowest BCUT2D eigenvalue weighted by molar-refractivity contribution is -0.134. The number of nitrogens with zero attached hydrogens (tertiary/aromatic N) is 1. The maximum absolute atomic E-state index is 14.5. The Morgan fingerprint density at radius 2 is 1.28 bits per heavy atom. The molecule has 1 saturated carbocycles. The second kappa shape index (κ2) is 7.76. The molecule has 2 fully saturated rings. The number of rotatable bonds is 5. The molecule has 5 nitrogen and oxygen atoms in total. The molecule has 1 saturated heterocycles. The van der Waals surface area contributed by atoms with Gasteiger partial charge in [-0.3, -0.25) is 14.4 Å². The number of imide groups is 1. The molecule has 6 rings (SSSR count). The Labute approximate surface area is 210 Å². The van der Waals surface area contributed by atoms with Crippen molar-refractivity contribution in [2.24, 2.45) is 22.7 Å². The maximum Gasteiger partial charge on any atom is 0.239 e. The van der Waals surface area contributed by atoms with E-state index in [2.05, 4.69) is 0 Å². The summed E-state index contributed by atoms with van der Waals surface area (Å²) in [5, 5.41) is 0. The average Bonchev–Trinajstić information content (AvgIpc) is 3.39. The minimum Gasteiger partial charge on any atom is -0.497 e. The summed E-state index contributed by atoms with van der Waals surface area (Å²) in [6.07, 6.45) is 0.443. The van der Waals surface area contributed by atoms with Gasteiger partial charge in [0.2, 0.25) is 11.8 Å². The van der Waals surface area contributed by atoms with Crippen molar-refractivity contribution in [3.8, 4) is 5.75 Å². The number of anilines is 1. The zero-order chi connectivity index (χ0) is 25.2. The summed E-state index contributed by atoms with van der Waals surface area (Å²) in [6.45, 7) is 3.84. The predicted octanol–water partition coefficient (Wildman–Crippen LogP) is 5.41. The molecule has 0 N–H and O–H groups in total. The van der Waals surface area contributed by atoms with Crippen LogP contribution in [0, 0.1) is 22.7 Å². The lowest BCUT2D eigenvalue weighted by Crippen LogP contribution is -2.41. The smallest absolute Gasteiger partial charge is 0.239 e. The van der Waals surface area contributed by atoms with Crippen LogP contribution in [0.4, 0.5) is 5.69 Å². The van der Waals surface area contributed by atoms with Crippen molar-refractivity contribution in [1.29, 1.82) is 0 Å². The average molecular weight is 478 g/mol. The van der Waals surface area contributed by atoms with Crippen molar-refractivity contribution in [3.63, 3.8) is 0 Å². The Morgan fingerprint density at radius 3 is 1.81 bits per heavy atom. The van der Waals surface area contributed by atoms with Gasteiger partial charge in [-0.25, -0.2) is 4.90 Å². The van der Waals surface area contributed by atoms with Crippen molar-refractivity contribution in [3.05, 3.63) is 96.1 Å². The molecular weight excluding hydrogens is 450 g/mol. The van der Waals surface area contributed by atoms with Gasteiger partial charge in [0.1, 0.15) is 5.75 Å². The van der Waals surface area contributed by atoms with Gasteiger partial charge in [0, 0.05) is 0 Å². The zero-order valence-corrected chi connectivity index (χ0v) is 20.5. The monoisotopic (exact) mass is 477 g/mol. The molecular formula is C31H27NO4. The van der Waals surface area contributed by atoms with E-state index in [-0.39, 0.29) is 17.6 Å². The minimum absolute atomic E-state index is 0.0127. The van der Waals surface area contributed by atoms with Gasteiger partial charge in [0.25, 0.3) is 0 Å². The molecule has 1 aliphatic heterocycles. The molecule has 3 aromatic carbocycles. The van der Waals surface area contributed by atoms with E-state index in [0.717, 1.165) is 22.3 Å². The molecule has 3 aromatic rings. The van der Waals surface area contributed by atoms with Gasteiger partial charge in [-0.15, -0.1) is 0 Å². The van der Waals surface area contributed by atoms with Crippen LogP contribution in [-0.4, -0.2) is 24.7 Å². The van der Waals surface area contributed by atoms with Crippen LogP contribution in [0.15, 0.2) is 84.9 Å². The van der Waals surface area contributed by atoms with Crippen LogP contribution >= 0.6 is 0 Å². The first-order valence-corrected chi connectivity index (χ1v) is 12.3. The van der Waals surface area contributed by atoms with E-state index in [0.29, 0.717) is 17.9 Å². The molecule has 4 atom stereocenters. The fourth-order valence-corrected chi connectivity index (χ4v) is 7.11. The van der Waals surface area contributed by atoms with Crippen LogP contribution in [0.5, 0.6) is 5.75 Å². The van der Waals surface area contributed by atoms with E-state index < -0.39 is 22.7 Å². The van der Waals surface area contributed by atoms with Crippen LogP contribution in [0.2, 0.25) is 0 Å². The Hall–Kier alpha value is -3.99. The Morgan fingerprint density at radius 1 is 0.750 bits per heavy atom. The van der Waals surface area contributed by atoms with Crippen LogP contribution in [-0.2, 0) is 14.4 Å². The predicted molar refractivity (Wildman–Crippen MR) is 138 cm³/mol. The third-order valence-corrected chi connectivity index (χ3v) is 8.56. The molecule has 5 heteroatoms. The minimum atomic E-state index is -1.11. The van der Waals surface area contributed by atoms with E-state index in [1.807, 2.05) is 74.5 Å². The standard InChI is InChI=1S/C31H27NO4/c1-4-31-24(20-13-9-6-10-14-20)23(19-11-7-5-8-12-19)30(2,29(31)35)25-26(31)28(34)32(27(25)33)21-15-17-22(36-3)18-16-21/h5-18,25-26H,4H2,1-3H3/t25-,26-,30+,31-/m1/s1.